The summed E-state index contributed by atoms with van der Waals surface area (Å²) in [5, 5.41) is 3.76. The van der Waals surface area contributed by atoms with Crippen molar-refractivity contribution < 1.29 is 0 Å². The normalized spacial score (nSPS) is 28.9. The summed E-state index contributed by atoms with van der Waals surface area (Å²) in [5.41, 5.74) is 0.493. The molecule has 1 saturated carbocycles. The van der Waals surface area contributed by atoms with Gasteiger partial charge in [0.25, 0.3) is 0 Å². The number of likely N-dealkylation sites (N-methyl/N-ethyl adjacent to an activating group) is 2. The standard InChI is InChI=1S/C19H40N2/c1-8-15(4)14-21(7)18-13-16(19(5,6)9-2)11-12-17(18)20-10-3/h15-18,20H,8-14H2,1-7H3. The SMILES string of the molecule is CCNC1CCC(C(C)(C)CC)CC1N(C)CC(C)CC. The van der Waals surface area contributed by atoms with Crippen LogP contribution in [0.4, 0.5) is 0 Å². The summed E-state index contributed by atoms with van der Waals surface area (Å²) in [7, 11) is 2.35. The van der Waals surface area contributed by atoms with Crippen molar-refractivity contribution in [1.29, 1.82) is 0 Å². The largest absolute Gasteiger partial charge is 0.313 e. The number of nitrogens with one attached hydrogen (secondary N) is 1. The first-order valence-corrected chi connectivity index (χ1v) is 9.29. The van der Waals surface area contributed by atoms with Crippen LogP contribution in [0, 0.1) is 17.3 Å². The quantitative estimate of drug-likeness (QED) is 0.707. The number of rotatable bonds is 8. The highest BCUT2D eigenvalue weighted by atomic mass is 15.2. The van der Waals surface area contributed by atoms with Gasteiger partial charge in [0, 0.05) is 18.6 Å². The van der Waals surface area contributed by atoms with E-state index in [-0.39, 0.29) is 0 Å². The second kappa shape index (κ2) is 8.53. The van der Waals surface area contributed by atoms with Crippen LogP contribution in [0.2, 0.25) is 0 Å². The second-order valence-electron chi connectivity index (χ2n) is 8.04. The van der Waals surface area contributed by atoms with E-state index in [4.69, 9.17) is 0 Å². The summed E-state index contributed by atoms with van der Waals surface area (Å²) in [4.78, 5) is 2.65. The molecule has 1 aliphatic carbocycles. The fraction of sp³-hybridized carbons (Fsp3) is 1.00. The first kappa shape index (κ1) is 19.0. The summed E-state index contributed by atoms with van der Waals surface area (Å²) in [6.45, 7) is 16.6. The monoisotopic (exact) mass is 296 g/mol. The van der Waals surface area contributed by atoms with Gasteiger partial charge in [0.2, 0.25) is 0 Å². The van der Waals surface area contributed by atoms with E-state index in [2.05, 4.69) is 58.8 Å². The van der Waals surface area contributed by atoms with E-state index in [0.29, 0.717) is 17.5 Å². The van der Waals surface area contributed by atoms with Crippen LogP contribution in [-0.2, 0) is 0 Å². The Hall–Kier alpha value is -0.0800. The lowest BCUT2D eigenvalue weighted by atomic mass is 9.67. The molecule has 1 rings (SSSR count). The number of hydrogen-bond acceptors (Lipinski definition) is 2. The number of nitrogens with zero attached hydrogens (tertiary/aromatic N) is 1. The molecule has 0 radical (unpaired) electrons. The Morgan fingerprint density at radius 1 is 1.19 bits per heavy atom. The Labute approximate surface area is 134 Å². The van der Waals surface area contributed by atoms with Gasteiger partial charge >= 0.3 is 0 Å². The zero-order chi connectivity index (χ0) is 16.0. The lowest BCUT2D eigenvalue weighted by Gasteiger charge is -2.47. The summed E-state index contributed by atoms with van der Waals surface area (Å²) in [6, 6.07) is 1.40. The van der Waals surface area contributed by atoms with Gasteiger partial charge in [-0.1, -0.05) is 54.4 Å². The van der Waals surface area contributed by atoms with E-state index in [0.717, 1.165) is 18.4 Å². The van der Waals surface area contributed by atoms with Gasteiger partial charge in [-0.15, -0.1) is 0 Å². The predicted molar refractivity (Wildman–Crippen MR) is 94.8 cm³/mol. The van der Waals surface area contributed by atoms with Gasteiger partial charge < -0.3 is 10.2 Å². The molecule has 2 heteroatoms. The predicted octanol–water partition coefficient (Wildman–Crippen LogP) is 4.55. The van der Waals surface area contributed by atoms with E-state index in [1.54, 1.807) is 0 Å². The molecule has 2 nitrogen and oxygen atoms in total. The second-order valence-corrected chi connectivity index (χ2v) is 8.04. The summed E-state index contributed by atoms with van der Waals surface area (Å²) in [5.74, 6) is 1.68. The first-order valence-electron chi connectivity index (χ1n) is 9.29. The molecule has 1 fully saturated rings. The summed E-state index contributed by atoms with van der Waals surface area (Å²) >= 11 is 0. The van der Waals surface area contributed by atoms with Gasteiger partial charge in [-0.25, -0.2) is 0 Å². The van der Waals surface area contributed by atoms with E-state index >= 15 is 0 Å². The molecule has 126 valence electrons. The van der Waals surface area contributed by atoms with Crippen LogP contribution in [-0.4, -0.2) is 37.1 Å². The molecule has 0 aromatic heterocycles. The Morgan fingerprint density at radius 3 is 2.38 bits per heavy atom. The van der Waals surface area contributed by atoms with E-state index in [1.807, 2.05) is 0 Å². The molecule has 0 aromatic rings. The third-order valence-electron chi connectivity index (χ3n) is 6.16. The molecule has 0 aromatic carbocycles. The molecular weight excluding hydrogens is 256 g/mol. The van der Waals surface area contributed by atoms with Crippen molar-refractivity contribution in [3.05, 3.63) is 0 Å². The fourth-order valence-corrected chi connectivity index (χ4v) is 3.89. The Kier molecular flexibility index (Phi) is 7.70. The lowest BCUT2D eigenvalue weighted by molar-refractivity contribution is 0.0566. The highest BCUT2D eigenvalue weighted by Crippen LogP contribution is 2.41. The van der Waals surface area contributed by atoms with Crippen LogP contribution in [0.15, 0.2) is 0 Å². The van der Waals surface area contributed by atoms with Gasteiger partial charge in [0.1, 0.15) is 0 Å². The van der Waals surface area contributed by atoms with Crippen molar-refractivity contribution in [3.8, 4) is 0 Å². The van der Waals surface area contributed by atoms with E-state index in [1.165, 1.54) is 38.6 Å². The summed E-state index contributed by atoms with van der Waals surface area (Å²) < 4.78 is 0. The zero-order valence-corrected chi connectivity index (χ0v) is 15.7. The van der Waals surface area contributed by atoms with Crippen LogP contribution in [0.3, 0.4) is 0 Å². The molecule has 0 saturated heterocycles. The molecule has 0 spiro atoms. The summed E-state index contributed by atoms with van der Waals surface area (Å²) in [6.07, 6.45) is 6.69. The molecule has 4 unspecified atom stereocenters. The Balaban J connectivity index is 2.76. The third-order valence-corrected chi connectivity index (χ3v) is 6.16. The van der Waals surface area contributed by atoms with Crippen molar-refractivity contribution in [2.24, 2.45) is 17.3 Å². The fourth-order valence-electron chi connectivity index (χ4n) is 3.89. The van der Waals surface area contributed by atoms with Gasteiger partial charge in [0.05, 0.1) is 0 Å². The molecule has 0 aliphatic heterocycles. The third kappa shape index (κ3) is 5.25. The topological polar surface area (TPSA) is 15.3 Å². The molecular formula is C19H40N2. The minimum absolute atomic E-state index is 0.493. The molecule has 21 heavy (non-hydrogen) atoms. The Bertz CT molecular complexity index is 287. The van der Waals surface area contributed by atoms with Crippen LogP contribution in [0.1, 0.15) is 73.6 Å². The van der Waals surface area contributed by atoms with Crippen LogP contribution < -0.4 is 5.32 Å². The average molecular weight is 297 g/mol. The Morgan fingerprint density at radius 2 is 1.86 bits per heavy atom. The maximum Gasteiger partial charge on any atom is 0.0249 e. The minimum atomic E-state index is 0.493. The highest BCUT2D eigenvalue weighted by molar-refractivity contribution is 4.94. The highest BCUT2D eigenvalue weighted by Gasteiger charge is 2.38. The molecule has 0 bridgehead atoms. The lowest BCUT2D eigenvalue weighted by Crippen LogP contribution is -2.54. The van der Waals surface area contributed by atoms with Gasteiger partial charge in [0.15, 0.2) is 0 Å². The van der Waals surface area contributed by atoms with Gasteiger partial charge in [-0.05, 0) is 50.1 Å². The van der Waals surface area contributed by atoms with Crippen molar-refractivity contribution in [3.63, 3.8) is 0 Å². The number of hydrogen-bond donors (Lipinski definition) is 1. The maximum absolute atomic E-state index is 3.76. The van der Waals surface area contributed by atoms with Crippen molar-refractivity contribution >= 4 is 0 Å². The van der Waals surface area contributed by atoms with E-state index in [9.17, 15) is 0 Å². The molecule has 0 heterocycles. The average Bonchev–Trinajstić information content (AvgIpc) is 2.47. The zero-order valence-electron chi connectivity index (χ0n) is 15.7. The molecule has 0 amide bonds. The smallest absolute Gasteiger partial charge is 0.0249 e. The van der Waals surface area contributed by atoms with Crippen LogP contribution >= 0.6 is 0 Å². The van der Waals surface area contributed by atoms with Gasteiger partial charge in [-0.2, -0.15) is 0 Å². The maximum atomic E-state index is 3.76. The molecule has 4 atom stereocenters. The molecule has 1 aliphatic rings. The van der Waals surface area contributed by atoms with Crippen LogP contribution in [0.5, 0.6) is 0 Å². The van der Waals surface area contributed by atoms with Crippen molar-refractivity contribution in [2.75, 3.05) is 20.1 Å². The van der Waals surface area contributed by atoms with Crippen molar-refractivity contribution in [2.45, 2.75) is 85.7 Å². The van der Waals surface area contributed by atoms with E-state index < -0.39 is 0 Å². The van der Waals surface area contributed by atoms with Crippen molar-refractivity contribution in [1.82, 2.24) is 10.2 Å². The van der Waals surface area contributed by atoms with Gasteiger partial charge in [-0.3, -0.25) is 0 Å². The minimum Gasteiger partial charge on any atom is -0.313 e. The first-order chi connectivity index (χ1) is 9.85. The molecule has 1 N–H and O–H groups in total. The van der Waals surface area contributed by atoms with Crippen LogP contribution in [0.25, 0.3) is 0 Å².